The molecule has 1 aromatic heterocycles. The highest BCUT2D eigenvalue weighted by molar-refractivity contribution is 5.85. The van der Waals surface area contributed by atoms with E-state index in [1.807, 2.05) is 24.3 Å². The minimum Gasteiger partial charge on any atom is -0.392 e. The van der Waals surface area contributed by atoms with E-state index in [9.17, 15) is 9.50 Å². The molecule has 8 heteroatoms. The molecule has 0 aliphatic carbocycles. The van der Waals surface area contributed by atoms with Crippen molar-refractivity contribution in [3.63, 3.8) is 0 Å². The van der Waals surface area contributed by atoms with Crippen LogP contribution >= 0.6 is 0 Å². The average Bonchev–Trinajstić information content (AvgIpc) is 3.22. The molecule has 37 heavy (non-hydrogen) atoms. The second-order valence-corrected chi connectivity index (χ2v) is 10.4. The van der Waals surface area contributed by atoms with Gasteiger partial charge in [0.05, 0.1) is 25.4 Å². The van der Waals surface area contributed by atoms with Gasteiger partial charge in [-0.2, -0.15) is 0 Å². The molecule has 1 fully saturated rings. The molecule has 0 radical (unpaired) electrons. The lowest BCUT2D eigenvalue weighted by atomic mass is 9.87. The average molecular weight is 513 g/mol. The number of H-pyrrole nitrogens is 1. The van der Waals surface area contributed by atoms with E-state index in [1.54, 1.807) is 0 Å². The van der Waals surface area contributed by atoms with E-state index in [0.29, 0.717) is 37.2 Å². The molecule has 3 heterocycles. The number of aliphatic hydroxyl groups is 1. The highest BCUT2D eigenvalue weighted by atomic mass is 19.1. The molecule has 3 aromatic rings. The van der Waals surface area contributed by atoms with Crippen molar-refractivity contribution in [3.8, 4) is 0 Å². The van der Waals surface area contributed by atoms with Crippen LogP contribution in [0.4, 0.5) is 18.9 Å². The van der Waals surface area contributed by atoms with Crippen molar-refractivity contribution in [2.45, 2.75) is 44.3 Å². The molecule has 2 aliphatic heterocycles. The first-order valence-electron chi connectivity index (χ1n) is 13.1. The molecular weight excluding hydrogens is 477 g/mol. The lowest BCUT2D eigenvalue weighted by molar-refractivity contribution is 0.143. The first kappa shape index (κ1) is 25.8. The second-order valence-electron chi connectivity index (χ2n) is 10.4. The van der Waals surface area contributed by atoms with Gasteiger partial charge in [0.25, 0.3) is 0 Å². The number of benzene rings is 2. The van der Waals surface area contributed by atoms with Gasteiger partial charge >= 0.3 is 0 Å². The third-order valence-electron chi connectivity index (χ3n) is 7.75. The summed E-state index contributed by atoms with van der Waals surface area (Å²) >= 11 is 0. The maximum Gasteiger partial charge on any atom is 0.133 e. The molecule has 0 amide bonds. The van der Waals surface area contributed by atoms with E-state index in [-0.39, 0.29) is 30.9 Å². The lowest BCUT2D eigenvalue weighted by Crippen LogP contribution is -2.54. The number of rotatable bonds is 10. The van der Waals surface area contributed by atoms with Crippen molar-refractivity contribution in [2.75, 3.05) is 44.8 Å². The molecule has 5 rings (SSSR count). The Morgan fingerprint density at radius 1 is 1.16 bits per heavy atom. The Morgan fingerprint density at radius 2 is 1.89 bits per heavy atom. The minimum atomic E-state index is -0.633. The maximum absolute atomic E-state index is 15.8. The zero-order chi connectivity index (χ0) is 26.1. The number of aromatic amines is 1. The largest absolute Gasteiger partial charge is 0.392 e. The first-order chi connectivity index (χ1) is 17.9. The number of hydrogen-bond acceptors (Lipinski definition) is 4. The highest BCUT2D eigenvalue weighted by Gasteiger charge is 2.38. The minimum absolute atomic E-state index is 0.0256. The fourth-order valence-corrected chi connectivity index (χ4v) is 5.82. The zero-order valence-electron chi connectivity index (χ0n) is 21.2. The second kappa shape index (κ2) is 10.9. The summed E-state index contributed by atoms with van der Waals surface area (Å²) < 4.78 is 44.0. The molecule has 0 spiro atoms. The van der Waals surface area contributed by atoms with Gasteiger partial charge in [0, 0.05) is 60.1 Å². The van der Waals surface area contributed by atoms with Crippen LogP contribution in [0.1, 0.15) is 42.6 Å². The summed E-state index contributed by atoms with van der Waals surface area (Å²) in [5.41, 5.74) is 3.99. The number of anilines is 1. The van der Waals surface area contributed by atoms with Crippen molar-refractivity contribution in [3.05, 3.63) is 77.0 Å². The van der Waals surface area contributed by atoms with Gasteiger partial charge in [-0.1, -0.05) is 30.4 Å². The Hall–Kier alpha value is -2.81. The van der Waals surface area contributed by atoms with Crippen molar-refractivity contribution in [1.82, 2.24) is 14.8 Å². The number of aromatic nitrogens is 1. The fraction of sp³-hybridized carbons (Fsp3) is 0.448. The van der Waals surface area contributed by atoms with Gasteiger partial charge in [-0.25, -0.2) is 8.78 Å². The summed E-state index contributed by atoms with van der Waals surface area (Å²) in [7, 11) is 0. The van der Waals surface area contributed by atoms with E-state index in [0.717, 1.165) is 41.7 Å². The molecule has 0 saturated carbocycles. The number of hydrogen-bond donors (Lipinski definition) is 3. The normalized spacial score (nSPS) is 20.7. The van der Waals surface area contributed by atoms with Crippen molar-refractivity contribution < 1.29 is 18.3 Å². The Labute approximate surface area is 216 Å². The van der Waals surface area contributed by atoms with Gasteiger partial charge in [-0.15, -0.1) is 0 Å². The third-order valence-corrected chi connectivity index (χ3v) is 7.75. The number of fused-ring (bicyclic) bond motifs is 3. The molecule has 2 aromatic carbocycles. The SMILES string of the molecule is C=C(CO)CCN1[C@@H](c2c(F)cc(NC3CN(CCCF)C3)cc2F)c2[nH]c3ccccc3c2C[C@@H]1C. The van der Waals surface area contributed by atoms with Gasteiger partial charge in [-0.05, 0) is 49.9 Å². The van der Waals surface area contributed by atoms with Crippen LogP contribution in [-0.4, -0.2) is 71.4 Å². The van der Waals surface area contributed by atoms with Gasteiger partial charge in [-0.3, -0.25) is 14.2 Å². The highest BCUT2D eigenvalue weighted by Crippen LogP contribution is 2.43. The first-order valence-corrected chi connectivity index (χ1v) is 13.1. The van der Waals surface area contributed by atoms with Gasteiger partial charge in [0.1, 0.15) is 11.6 Å². The Morgan fingerprint density at radius 3 is 2.59 bits per heavy atom. The van der Waals surface area contributed by atoms with Crippen molar-refractivity contribution in [2.24, 2.45) is 0 Å². The quantitative estimate of drug-likeness (QED) is 0.328. The number of halogens is 3. The molecule has 2 aliphatic rings. The van der Waals surface area contributed by atoms with Gasteiger partial charge < -0.3 is 15.4 Å². The van der Waals surface area contributed by atoms with Crippen LogP contribution in [0.15, 0.2) is 48.6 Å². The Balaban J connectivity index is 1.47. The Kier molecular flexibility index (Phi) is 7.60. The maximum atomic E-state index is 15.8. The fourth-order valence-electron chi connectivity index (χ4n) is 5.82. The lowest BCUT2D eigenvalue weighted by Gasteiger charge is -2.41. The van der Waals surface area contributed by atoms with Crippen LogP contribution in [0, 0.1) is 11.6 Å². The summed E-state index contributed by atoms with van der Waals surface area (Å²) in [6.45, 7) is 8.21. The van der Waals surface area contributed by atoms with E-state index in [4.69, 9.17) is 0 Å². The number of likely N-dealkylation sites (tertiary alicyclic amines) is 1. The monoisotopic (exact) mass is 512 g/mol. The Bertz CT molecular complexity index is 1250. The third kappa shape index (κ3) is 5.15. The summed E-state index contributed by atoms with van der Waals surface area (Å²) in [5, 5.41) is 13.8. The summed E-state index contributed by atoms with van der Waals surface area (Å²) in [6.07, 6.45) is 1.80. The van der Waals surface area contributed by atoms with E-state index in [2.05, 4.69) is 33.6 Å². The molecule has 2 atom stereocenters. The number of para-hydroxylation sites is 1. The molecule has 0 unspecified atom stereocenters. The van der Waals surface area contributed by atoms with Crippen LogP contribution in [0.25, 0.3) is 10.9 Å². The van der Waals surface area contributed by atoms with E-state index >= 15 is 8.78 Å². The van der Waals surface area contributed by atoms with Crippen LogP contribution in [0.2, 0.25) is 0 Å². The summed E-state index contributed by atoms with van der Waals surface area (Å²) in [5.74, 6) is -1.18. The van der Waals surface area contributed by atoms with Crippen LogP contribution in [-0.2, 0) is 6.42 Å². The topological polar surface area (TPSA) is 54.5 Å². The van der Waals surface area contributed by atoms with Crippen molar-refractivity contribution >= 4 is 16.6 Å². The number of aliphatic hydroxyl groups excluding tert-OH is 1. The molecule has 198 valence electrons. The van der Waals surface area contributed by atoms with E-state index < -0.39 is 17.7 Å². The smallest absolute Gasteiger partial charge is 0.133 e. The molecule has 3 N–H and O–H groups in total. The van der Waals surface area contributed by atoms with Crippen LogP contribution in [0.3, 0.4) is 0 Å². The molecule has 0 bridgehead atoms. The molecule has 1 saturated heterocycles. The summed E-state index contributed by atoms with van der Waals surface area (Å²) in [6, 6.07) is 10.2. The number of nitrogens with one attached hydrogen (secondary N) is 2. The van der Waals surface area contributed by atoms with Gasteiger partial charge in [0.15, 0.2) is 0 Å². The van der Waals surface area contributed by atoms with Crippen molar-refractivity contribution in [1.29, 1.82) is 0 Å². The zero-order valence-corrected chi connectivity index (χ0v) is 21.2. The molecular formula is C29H35F3N4O. The number of nitrogens with zero attached hydrogens (tertiary/aromatic N) is 2. The van der Waals surface area contributed by atoms with Crippen LogP contribution in [0.5, 0.6) is 0 Å². The molecule has 5 nitrogen and oxygen atoms in total. The standard InChI is InChI=1S/C29H35F3N4O/c1-18(17-37)8-11-36-19(2)12-23-22-6-3-4-7-26(22)34-28(23)29(36)27-24(31)13-20(14-25(27)32)33-21-15-35(16-21)10-5-9-30/h3-4,6-7,13-14,19,21,29,33-34,37H,1,5,8-12,15-17H2,2H3/t19-,29-/m0/s1. The predicted octanol–water partition coefficient (Wildman–Crippen LogP) is 5.18. The van der Waals surface area contributed by atoms with E-state index in [1.165, 1.54) is 12.1 Å². The predicted molar refractivity (Wildman–Crippen MR) is 142 cm³/mol. The van der Waals surface area contributed by atoms with Gasteiger partial charge in [0.2, 0.25) is 0 Å². The van der Waals surface area contributed by atoms with Crippen LogP contribution < -0.4 is 5.32 Å². The number of alkyl halides is 1. The summed E-state index contributed by atoms with van der Waals surface area (Å²) in [4.78, 5) is 7.70.